The van der Waals surface area contributed by atoms with Crippen LogP contribution >= 0.6 is 0 Å². The number of aliphatic hydroxyl groups is 2. The highest BCUT2D eigenvalue weighted by Crippen LogP contribution is 2.35. The number of benzene rings is 2. The Hall–Kier alpha value is -2.44. The molecule has 2 aromatic carbocycles. The van der Waals surface area contributed by atoms with Gasteiger partial charge in [0.05, 0.1) is 12.7 Å². The molecule has 0 aliphatic rings. The van der Waals surface area contributed by atoms with E-state index in [2.05, 4.69) is 0 Å². The smallest absolute Gasteiger partial charge is 0.119 e. The molecule has 6 nitrogen and oxygen atoms in total. The SMILES string of the molecule is Nc1cc(N)c(CC(O)CO)c(-c2cc(O)cc(O)c2)c1. The third-order valence-electron chi connectivity index (χ3n) is 3.17. The minimum absolute atomic E-state index is 0.0975. The fourth-order valence-electron chi connectivity index (χ4n) is 2.25. The summed E-state index contributed by atoms with van der Waals surface area (Å²) in [7, 11) is 0. The summed E-state index contributed by atoms with van der Waals surface area (Å²) < 4.78 is 0. The summed E-state index contributed by atoms with van der Waals surface area (Å²) in [6, 6.07) is 7.34. The first-order valence-electron chi connectivity index (χ1n) is 6.41. The fourth-order valence-corrected chi connectivity index (χ4v) is 2.25. The molecule has 0 heterocycles. The zero-order chi connectivity index (χ0) is 15.6. The number of aliphatic hydroxyl groups excluding tert-OH is 2. The van der Waals surface area contributed by atoms with E-state index in [-0.39, 0.29) is 17.9 Å². The number of hydrogen-bond acceptors (Lipinski definition) is 6. The zero-order valence-corrected chi connectivity index (χ0v) is 11.3. The first-order chi connectivity index (χ1) is 9.90. The summed E-state index contributed by atoms with van der Waals surface area (Å²) in [5, 5.41) is 37.8. The Balaban J connectivity index is 2.60. The fraction of sp³-hybridized carbons (Fsp3) is 0.200. The van der Waals surface area contributed by atoms with E-state index in [0.717, 1.165) is 0 Å². The van der Waals surface area contributed by atoms with Crippen molar-refractivity contribution in [2.45, 2.75) is 12.5 Å². The van der Waals surface area contributed by atoms with E-state index in [9.17, 15) is 15.3 Å². The monoisotopic (exact) mass is 290 g/mol. The molecule has 0 spiro atoms. The number of phenolic OH excluding ortho intramolecular Hbond substituents is 2. The zero-order valence-electron chi connectivity index (χ0n) is 11.3. The normalized spacial score (nSPS) is 12.3. The Morgan fingerprint density at radius 1 is 0.952 bits per heavy atom. The minimum Gasteiger partial charge on any atom is -0.508 e. The molecule has 0 radical (unpaired) electrons. The molecule has 2 rings (SSSR count). The Bertz CT molecular complexity index is 638. The van der Waals surface area contributed by atoms with Crippen LogP contribution in [0.15, 0.2) is 30.3 Å². The van der Waals surface area contributed by atoms with E-state index in [0.29, 0.717) is 28.1 Å². The number of phenols is 2. The van der Waals surface area contributed by atoms with Crippen LogP contribution in [0.3, 0.4) is 0 Å². The van der Waals surface area contributed by atoms with Crippen LogP contribution < -0.4 is 11.5 Å². The van der Waals surface area contributed by atoms with Gasteiger partial charge in [0.1, 0.15) is 11.5 Å². The highest BCUT2D eigenvalue weighted by Gasteiger charge is 2.15. The third-order valence-corrected chi connectivity index (χ3v) is 3.17. The van der Waals surface area contributed by atoms with Gasteiger partial charge in [-0.15, -0.1) is 0 Å². The third kappa shape index (κ3) is 3.36. The number of nitrogen functional groups attached to an aromatic ring is 2. The van der Waals surface area contributed by atoms with Crippen molar-refractivity contribution < 1.29 is 20.4 Å². The van der Waals surface area contributed by atoms with Crippen molar-refractivity contribution in [3.63, 3.8) is 0 Å². The Labute approximate surface area is 121 Å². The quantitative estimate of drug-likeness (QED) is 0.462. The molecule has 0 bridgehead atoms. The van der Waals surface area contributed by atoms with Crippen molar-refractivity contribution in [1.29, 1.82) is 0 Å². The Morgan fingerprint density at radius 3 is 2.14 bits per heavy atom. The molecule has 1 atom stereocenters. The first-order valence-corrected chi connectivity index (χ1v) is 6.41. The molecular formula is C15H18N2O4. The van der Waals surface area contributed by atoms with Gasteiger partial charge >= 0.3 is 0 Å². The van der Waals surface area contributed by atoms with Gasteiger partial charge in [0, 0.05) is 23.9 Å². The molecule has 0 fully saturated rings. The Morgan fingerprint density at radius 2 is 1.57 bits per heavy atom. The molecule has 0 aromatic heterocycles. The van der Waals surface area contributed by atoms with Crippen molar-refractivity contribution in [2.24, 2.45) is 0 Å². The molecule has 21 heavy (non-hydrogen) atoms. The van der Waals surface area contributed by atoms with Crippen LogP contribution in [0.1, 0.15) is 5.56 Å². The van der Waals surface area contributed by atoms with Gasteiger partial charge in [-0.3, -0.25) is 0 Å². The lowest BCUT2D eigenvalue weighted by Crippen LogP contribution is -2.17. The van der Waals surface area contributed by atoms with E-state index in [1.54, 1.807) is 12.1 Å². The topological polar surface area (TPSA) is 133 Å². The average Bonchev–Trinajstić information content (AvgIpc) is 2.40. The van der Waals surface area contributed by atoms with Crippen LogP contribution in [-0.2, 0) is 6.42 Å². The summed E-state index contributed by atoms with van der Waals surface area (Å²) in [6.07, 6.45) is -0.824. The summed E-state index contributed by atoms with van der Waals surface area (Å²) in [5.41, 5.74) is 14.2. The van der Waals surface area contributed by atoms with Gasteiger partial charge in [0.25, 0.3) is 0 Å². The van der Waals surface area contributed by atoms with Crippen LogP contribution in [-0.4, -0.2) is 33.1 Å². The van der Waals surface area contributed by atoms with E-state index < -0.39 is 12.7 Å². The highest BCUT2D eigenvalue weighted by atomic mass is 16.3. The Kier molecular flexibility index (Phi) is 4.21. The number of anilines is 2. The predicted molar refractivity (Wildman–Crippen MR) is 80.8 cm³/mol. The van der Waals surface area contributed by atoms with Gasteiger partial charge < -0.3 is 31.9 Å². The van der Waals surface area contributed by atoms with Gasteiger partial charge in [0.2, 0.25) is 0 Å². The first kappa shape index (κ1) is 15.0. The maximum absolute atomic E-state index is 9.65. The van der Waals surface area contributed by atoms with E-state index >= 15 is 0 Å². The van der Waals surface area contributed by atoms with E-state index in [1.807, 2.05) is 0 Å². The van der Waals surface area contributed by atoms with Crippen molar-refractivity contribution >= 4 is 11.4 Å². The van der Waals surface area contributed by atoms with Gasteiger partial charge in [-0.2, -0.15) is 0 Å². The second-order valence-corrected chi connectivity index (χ2v) is 4.91. The molecule has 0 aliphatic heterocycles. The number of nitrogens with two attached hydrogens (primary N) is 2. The predicted octanol–water partition coefficient (Wildman–Crippen LogP) is 0.825. The molecule has 6 heteroatoms. The lowest BCUT2D eigenvalue weighted by molar-refractivity contribution is 0.0957. The molecule has 0 aliphatic carbocycles. The van der Waals surface area contributed by atoms with Crippen LogP contribution in [0.2, 0.25) is 0 Å². The van der Waals surface area contributed by atoms with E-state index in [4.69, 9.17) is 16.6 Å². The molecule has 8 N–H and O–H groups in total. The molecule has 2 aromatic rings. The second-order valence-electron chi connectivity index (χ2n) is 4.91. The second kappa shape index (κ2) is 5.90. The number of rotatable bonds is 4. The van der Waals surface area contributed by atoms with Gasteiger partial charge in [0.15, 0.2) is 0 Å². The lowest BCUT2D eigenvalue weighted by Gasteiger charge is -2.16. The minimum atomic E-state index is -0.958. The van der Waals surface area contributed by atoms with Crippen LogP contribution in [0, 0.1) is 0 Å². The number of hydrogen-bond donors (Lipinski definition) is 6. The van der Waals surface area contributed by atoms with Crippen molar-refractivity contribution in [2.75, 3.05) is 18.1 Å². The summed E-state index contributed by atoms with van der Waals surface area (Å²) in [4.78, 5) is 0. The standard InChI is InChI=1S/C15H18N2O4/c16-9-3-13(8-1-10(19)5-11(20)2-8)14(15(17)4-9)6-12(21)7-18/h1-5,12,18-21H,6-7,16-17H2. The number of aromatic hydroxyl groups is 2. The summed E-state index contributed by atoms with van der Waals surface area (Å²) in [6.45, 7) is -0.394. The van der Waals surface area contributed by atoms with Crippen LogP contribution in [0.5, 0.6) is 11.5 Å². The molecule has 0 saturated heterocycles. The van der Waals surface area contributed by atoms with Crippen LogP contribution in [0.4, 0.5) is 11.4 Å². The molecule has 112 valence electrons. The van der Waals surface area contributed by atoms with Crippen molar-refractivity contribution in [1.82, 2.24) is 0 Å². The molecule has 0 amide bonds. The van der Waals surface area contributed by atoms with Crippen molar-refractivity contribution in [3.8, 4) is 22.6 Å². The van der Waals surface area contributed by atoms with Crippen LogP contribution in [0.25, 0.3) is 11.1 Å². The summed E-state index contributed by atoms with van der Waals surface area (Å²) in [5.74, 6) is -0.195. The molecular weight excluding hydrogens is 272 g/mol. The summed E-state index contributed by atoms with van der Waals surface area (Å²) >= 11 is 0. The highest BCUT2D eigenvalue weighted by molar-refractivity contribution is 5.79. The van der Waals surface area contributed by atoms with Gasteiger partial charge in [-0.05, 0) is 41.0 Å². The largest absolute Gasteiger partial charge is 0.508 e. The molecule has 1 unspecified atom stereocenters. The maximum Gasteiger partial charge on any atom is 0.119 e. The van der Waals surface area contributed by atoms with Crippen molar-refractivity contribution in [3.05, 3.63) is 35.9 Å². The van der Waals surface area contributed by atoms with Gasteiger partial charge in [-0.1, -0.05) is 0 Å². The maximum atomic E-state index is 9.65. The van der Waals surface area contributed by atoms with E-state index in [1.165, 1.54) is 18.2 Å². The molecule has 0 saturated carbocycles. The average molecular weight is 290 g/mol. The van der Waals surface area contributed by atoms with Gasteiger partial charge in [-0.25, -0.2) is 0 Å². The lowest BCUT2D eigenvalue weighted by atomic mass is 9.93.